The molecule has 0 spiro atoms. The molecule has 0 fully saturated rings. The Morgan fingerprint density at radius 2 is 1.93 bits per heavy atom. The minimum absolute atomic E-state index is 0.181. The van der Waals surface area contributed by atoms with Crippen LogP contribution >= 0.6 is 11.6 Å². The maximum atomic E-state index is 12.6. The molecule has 29 heavy (non-hydrogen) atoms. The lowest BCUT2D eigenvalue weighted by Crippen LogP contribution is -2.32. The number of carbonyl (C=O) groups is 1. The summed E-state index contributed by atoms with van der Waals surface area (Å²) in [6.07, 6.45) is -0.0152. The Kier molecular flexibility index (Phi) is 9.36. The highest BCUT2D eigenvalue weighted by molar-refractivity contribution is 6.30. The SMILES string of the molecule is CC#CCOc1ccc(CCNC(=O)C(OCC)c2ccc(Cl)cc2)cc1OC. The van der Waals surface area contributed by atoms with Gasteiger partial charge in [-0.2, -0.15) is 0 Å². The van der Waals surface area contributed by atoms with E-state index < -0.39 is 6.10 Å². The molecule has 0 aliphatic heterocycles. The monoisotopic (exact) mass is 415 g/mol. The maximum absolute atomic E-state index is 12.6. The summed E-state index contributed by atoms with van der Waals surface area (Å²) in [4.78, 5) is 12.6. The van der Waals surface area contributed by atoms with Crippen LogP contribution in [0, 0.1) is 11.8 Å². The quantitative estimate of drug-likeness (QED) is 0.591. The number of hydrogen-bond donors (Lipinski definition) is 1. The number of benzene rings is 2. The van der Waals surface area contributed by atoms with E-state index in [0.717, 1.165) is 11.1 Å². The van der Waals surface area contributed by atoms with E-state index in [1.807, 2.05) is 25.1 Å². The topological polar surface area (TPSA) is 56.8 Å². The standard InChI is InChI=1S/C23H26ClNO4/c1-4-6-15-29-20-12-7-17(16-21(20)27-3)13-14-25-23(26)22(28-5-2)18-8-10-19(24)11-9-18/h7-12,16,22H,5,13-15H2,1-3H3,(H,25,26). The van der Waals surface area contributed by atoms with Gasteiger partial charge in [-0.3, -0.25) is 4.79 Å². The summed E-state index contributed by atoms with van der Waals surface area (Å²) in [6.45, 7) is 4.84. The van der Waals surface area contributed by atoms with Crippen LogP contribution in [0.5, 0.6) is 11.5 Å². The summed E-state index contributed by atoms with van der Waals surface area (Å²) in [5.41, 5.74) is 1.79. The predicted octanol–water partition coefficient (Wildman–Crippen LogP) is 4.19. The lowest BCUT2D eigenvalue weighted by Gasteiger charge is -2.17. The molecule has 6 heteroatoms. The molecule has 2 rings (SSSR count). The van der Waals surface area contributed by atoms with Crippen molar-refractivity contribution < 1.29 is 19.0 Å². The predicted molar refractivity (Wildman–Crippen MR) is 114 cm³/mol. The summed E-state index contributed by atoms with van der Waals surface area (Å²) in [7, 11) is 1.60. The van der Waals surface area contributed by atoms with Crippen LogP contribution in [0.2, 0.25) is 5.02 Å². The highest BCUT2D eigenvalue weighted by atomic mass is 35.5. The van der Waals surface area contributed by atoms with Crippen molar-refractivity contribution in [3.8, 4) is 23.3 Å². The first-order valence-corrected chi connectivity index (χ1v) is 9.81. The van der Waals surface area contributed by atoms with Crippen molar-refractivity contribution in [2.75, 3.05) is 26.9 Å². The molecule has 1 unspecified atom stereocenters. The third-order valence-electron chi connectivity index (χ3n) is 4.16. The van der Waals surface area contributed by atoms with E-state index in [0.29, 0.717) is 42.7 Å². The molecule has 0 saturated heterocycles. The fourth-order valence-corrected chi connectivity index (χ4v) is 2.85. The number of halogens is 1. The first kappa shape index (κ1) is 22.6. The zero-order chi connectivity index (χ0) is 21.1. The molecule has 0 aliphatic rings. The van der Waals surface area contributed by atoms with Gasteiger partial charge in [0.1, 0.15) is 6.61 Å². The van der Waals surface area contributed by atoms with Gasteiger partial charge in [-0.1, -0.05) is 35.7 Å². The summed E-state index contributed by atoms with van der Waals surface area (Å²) in [6, 6.07) is 12.8. The molecule has 2 aromatic rings. The first-order valence-electron chi connectivity index (χ1n) is 9.43. The lowest BCUT2D eigenvalue weighted by atomic mass is 10.1. The Labute approximate surface area is 177 Å². The summed E-state index contributed by atoms with van der Waals surface area (Å²) < 4.78 is 16.6. The van der Waals surface area contributed by atoms with E-state index in [1.165, 1.54) is 0 Å². The van der Waals surface area contributed by atoms with E-state index in [4.69, 9.17) is 25.8 Å². The van der Waals surface area contributed by atoms with Crippen LogP contribution < -0.4 is 14.8 Å². The number of hydrogen-bond acceptors (Lipinski definition) is 4. The van der Waals surface area contributed by atoms with E-state index in [-0.39, 0.29) is 5.91 Å². The Bertz CT molecular complexity index is 855. The van der Waals surface area contributed by atoms with Crippen molar-refractivity contribution in [1.29, 1.82) is 0 Å². The number of ether oxygens (including phenoxy) is 3. The Hall–Kier alpha value is -2.68. The molecule has 0 aromatic heterocycles. The Balaban J connectivity index is 1.95. The van der Waals surface area contributed by atoms with Gasteiger partial charge in [-0.25, -0.2) is 0 Å². The highest BCUT2D eigenvalue weighted by Crippen LogP contribution is 2.28. The van der Waals surface area contributed by atoms with Crippen LogP contribution in [0.3, 0.4) is 0 Å². The number of amides is 1. The molecule has 5 nitrogen and oxygen atoms in total. The van der Waals surface area contributed by atoms with Crippen molar-refractivity contribution in [2.24, 2.45) is 0 Å². The summed E-state index contributed by atoms with van der Waals surface area (Å²) in [5, 5.41) is 3.55. The zero-order valence-electron chi connectivity index (χ0n) is 17.0. The smallest absolute Gasteiger partial charge is 0.253 e. The van der Waals surface area contributed by atoms with Gasteiger partial charge >= 0.3 is 0 Å². The molecule has 1 N–H and O–H groups in total. The van der Waals surface area contributed by atoms with E-state index >= 15 is 0 Å². The van der Waals surface area contributed by atoms with E-state index in [9.17, 15) is 4.79 Å². The van der Waals surface area contributed by atoms with Crippen molar-refractivity contribution in [1.82, 2.24) is 5.32 Å². The first-order chi connectivity index (χ1) is 14.1. The molecular formula is C23H26ClNO4. The number of methoxy groups -OCH3 is 1. The molecule has 0 saturated carbocycles. The fourth-order valence-electron chi connectivity index (χ4n) is 2.72. The average molecular weight is 416 g/mol. The number of nitrogens with one attached hydrogen (secondary N) is 1. The normalized spacial score (nSPS) is 11.2. The van der Waals surface area contributed by atoms with Gasteiger partial charge in [0.15, 0.2) is 17.6 Å². The van der Waals surface area contributed by atoms with Crippen molar-refractivity contribution in [2.45, 2.75) is 26.4 Å². The van der Waals surface area contributed by atoms with Gasteiger partial charge in [0.25, 0.3) is 5.91 Å². The summed E-state index contributed by atoms with van der Waals surface area (Å²) in [5.74, 6) is 6.74. The van der Waals surface area contributed by atoms with Crippen molar-refractivity contribution >= 4 is 17.5 Å². The van der Waals surface area contributed by atoms with E-state index in [2.05, 4.69) is 17.2 Å². The van der Waals surface area contributed by atoms with Crippen LogP contribution in [0.15, 0.2) is 42.5 Å². The number of rotatable bonds is 10. The fraction of sp³-hybridized carbons (Fsp3) is 0.348. The van der Waals surface area contributed by atoms with Crippen LogP contribution in [-0.4, -0.2) is 32.8 Å². The molecule has 1 amide bonds. The van der Waals surface area contributed by atoms with Crippen LogP contribution in [0.4, 0.5) is 0 Å². The second-order valence-corrected chi connectivity index (χ2v) is 6.57. The van der Waals surface area contributed by atoms with Gasteiger partial charge < -0.3 is 19.5 Å². The van der Waals surface area contributed by atoms with Gasteiger partial charge in [-0.15, -0.1) is 5.92 Å². The minimum atomic E-state index is -0.665. The third kappa shape index (κ3) is 7.01. The molecular weight excluding hydrogens is 390 g/mol. The van der Waals surface area contributed by atoms with E-state index in [1.54, 1.807) is 38.3 Å². The van der Waals surface area contributed by atoms with Crippen molar-refractivity contribution in [3.05, 3.63) is 58.6 Å². The minimum Gasteiger partial charge on any atom is -0.493 e. The highest BCUT2D eigenvalue weighted by Gasteiger charge is 2.20. The molecule has 1 atom stereocenters. The zero-order valence-corrected chi connectivity index (χ0v) is 17.7. The largest absolute Gasteiger partial charge is 0.493 e. The second-order valence-electron chi connectivity index (χ2n) is 6.13. The second kappa shape index (κ2) is 12.0. The molecule has 0 heterocycles. The summed E-state index contributed by atoms with van der Waals surface area (Å²) >= 11 is 5.93. The lowest BCUT2D eigenvalue weighted by molar-refractivity contribution is -0.132. The van der Waals surface area contributed by atoms with Crippen LogP contribution in [0.25, 0.3) is 0 Å². The molecule has 2 aromatic carbocycles. The molecule has 154 valence electrons. The van der Waals surface area contributed by atoms with Crippen LogP contribution in [-0.2, 0) is 16.0 Å². The van der Waals surface area contributed by atoms with Gasteiger partial charge in [0.2, 0.25) is 0 Å². The molecule has 0 aliphatic carbocycles. The van der Waals surface area contributed by atoms with Gasteiger partial charge in [0, 0.05) is 18.2 Å². The Morgan fingerprint density at radius 1 is 1.17 bits per heavy atom. The maximum Gasteiger partial charge on any atom is 0.253 e. The average Bonchev–Trinajstić information content (AvgIpc) is 2.73. The molecule has 0 bridgehead atoms. The molecule has 0 radical (unpaired) electrons. The van der Waals surface area contributed by atoms with Gasteiger partial charge in [0.05, 0.1) is 7.11 Å². The number of carbonyl (C=O) groups excluding carboxylic acids is 1. The third-order valence-corrected chi connectivity index (χ3v) is 4.41. The van der Waals surface area contributed by atoms with Gasteiger partial charge in [-0.05, 0) is 55.7 Å². The van der Waals surface area contributed by atoms with Crippen LogP contribution in [0.1, 0.15) is 31.1 Å². The van der Waals surface area contributed by atoms with Crippen molar-refractivity contribution in [3.63, 3.8) is 0 Å². The Morgan fingerprint density at radius 3 is 2.59 bits per heavy atom.